The van der Waals surface area contributed by atoms with Crippen LogP contribution < -0.4 is 0 Å². The van der Waals surface area contributed by atoms with Crippen LogP contribution in [0.5, 0.6) is 0 Å². The van der Waals surface area contributed by atoms with Crippen molar-refractivity contribution in [2.24, 2.45) is 11.3 Å². The van der Waals surface area contributed by atoms with Gasteiger partial charge in [0.15, 0.2) is 0 Å². The summed E-state index contributed by atoms with van der Waals surface area (Å²) in [4.78, 5) is 23.1. The van der Waals surface area contributed by atoms with Crippen molar-refractivity contribution in [1.82, 2.24) is 0 Å². The van der Waals surface area contributed by atoms with Crippen LogP contribution in [0.4, 0.5) is 0 Å². The molecule has 1 rings (SSSR count). The molecule has 0 bridgehead atoms. The van der Waals surface area contributed by atoms with E-state index in [1.807, 2.05) is 0 Å². The maximum Gasteiger partial charge on any atom is 0.147 e. The fourth-order valence-electron chi connectivity index (χ4n) is 1.77. The van der Waals surface area contributed by atoms with Gasteiger partial charge in [-0.15, -0.1) is 18.2 Å². The number of Topliss-reactive ketones (excluding diaryl/α,β-unsaturated/α-hetero) is 2. The van der Waals surface area contributed by atoms with Crippen LogP contribution >= 0.6 is 11.6 Å². The average Bonchev–Trinajstić information content (AvgIpc) is 2.36. The number of allylic oxidation sites excluding steroid dienone is 1. The van der Waals surface area contributed by atoms with Gasteiger partial charge in [0.05, 0.1) is 5.41 Å². The lowest BCUT2D eigenvalue weighted by atomic mass is 9.75. The van der Waals surface area contributed by atoms with Crippen molar-refractivity contribution in [1.29, 1.82) is 0 Å². The molecule has 1 fully saturated rings. The molecule has 0 saturated heterocycles. The Labute approximate surface area is 83.0 Å². The number of hydrogen-bond donors (Lipinski definition) is 0. The monoisotopic (exact) mass is 200 g/mol. The molecular weight excluding hydrogens is 188 g/mol. The number of alkyl halides is 1. The van der Waals surface area contributed by atoms with Gasteiger partial charge in [0.1, 0.15) is 11.6 Å². The highest BCUT2D eigenvalue weighted by atomic mass is 35.5. The van der Waals surface area contributed by atoms with Crippen molar-refractivity contribution in [3.63, 3.8) is 0 Å². The summed E-state index contributed by atoms with van der Waals surface area (Å²) in [5.41, 5.74) is -0.899. The van der Waals surface area contributed by atoms with E-state index in [-0.39, 0.29) is 23.4 Å². The minimum absolute atomic E-state index is 0.00282. The third-order valence-electron chi connectivity index (χ3n) is 2.93. The number of rotatable bonds is 3. The number of carbonyl (C=O) groups excluding carboxylic acids is 2. The van der Waals surface area contributed by atoms with E-state index in [0.29, 0.717) is 12.8 Å². The van der Waals surface area contributed by atoms with E-state index in [1.165, 1.54) is 0 Å². The first-order valence-corrected chi connectivity index (χ1v) is 4.86. The molecule has 0 N–H and O–H groups in total. The molecule has 1 unspecified atom stereocenters. The molecule has 1 saturated carbocycles. The van der Waals surface area contributed by atoms with Gasteiger partial charge in [0, 0.05) is 24.6 Å². The van der Waals surface area contributed by atoms with Crippen molar-refractivity contribution in [2.45, 2.75) is 19.8 Å². The molecule has 1 aliphatic rings. The van der Waals surface area contributed by atoms with Crippen LogP contribution in [0.15, 0.2) is 12.7 Å². The molecule has 0 radical (unpaired) electrons. The van der Waals surface area contributed by atoms with E-state index in [9.17, 15) is 9.59 Å². The molecule has 72 valence electrons. The highest BCUT2D eigenvalue weighted by Crippen LogP contribution is 2.39. The van der Waals surface area contributed by atoms with Gasteiger partial charge >= 0.3 is 0 Å². The maximum absolute atomic E-state index is 11.5. The average molecular weight is 201 g/mol. The number of carbonyl (C=O) groups is 2. The molecule has 0 amide bonds. The summed E-state index contributed by atoms with van der Waals surface area (Å²) in [6, 6.07) is 0. The summed E-state index contributed by atoms with van der Waals surface area (Å²) in [5.74, 6) is 0.0556. The minimum atomic E-state index is -0.899. The molecule has 0 aromatic carbocycles. The first-order chi connectivity index (χ1) is 6.07. The summed E-state index contributed by atoms with van der Waals surface area (Å²) in [7, 11) is 0. The van der Waals surface area contributed by atoms with E-state index >= 15 is 0 Å². The highest BCUT2D eigenvalue weighted by molar-refractivity contribution is 6.20. The van der Waals surface area contributed by atoms with Crippen molar-refractivity contribution < 1.29 is 9.59 Å². The van der Waals surface area contributed by atoms with E-state index in [2.05, 4.69) is 6.58 Å². The van der Waals surface area contributed by atoms with Gasteiger partial charge < -0.3 is 0 Å². The third kappa shape index (κ3) is 1.44. The van der Waals surface area contributed by atoms with Gasteiger partial charge in [-0.25, -0.2) is 0 Å². The number of halogens is 1. The Kier molecular flexibility index (Phi) is 2.91. The quantitative estimate of drug-likeness (QED) is 0.397. The Balaban J connectivity index is 3.01. The Morgan fingerprint density at radius 1 is 1.54 bits per heavy atom. The summed E-state index contributed by atoms with van der Waals surface area (Å²) in [6.07, 6.45) is 2.32. The second-order valence-electron chi connectivity index (χ2n) is 3.55. The molecule has 0 spiro atoms. The number of ketones is 2. The number of hydrogen-bond acceptors (Lipinski definition) is 2. The molecule has 1 atom stereocenters. The molecule has 3 heteroatoms. The van der Waals surface area contributed by atoms with Crippen molar-refractivity contribution >= 4 is 23.2 Å². The molecule has 1 aliphatic carbocycles. The standard InChI is InChI=1S/C10H13ClO2/c1-3-7(6-11)10(2)8(12)4-5-9(10)13/h3,7H,1,4-6H2,2H3. The first kappa shape index (κ1) is 10.5. The van der Waals surface area contributed by atoms with Crippen LogP contribution in [0, 0.1) is 11.3 Å². The summed E-state index contributed by atoms with van der Waals surface area (Å²) < 4.78 is 0. The van der Waals surface area contributed by atoms with Crippen molar-refractivity contribution in [2.75, 3.05) is 5.88 Å². The van der Waals surface area contributed by atoms with E-state index in [0.717, 1.165) is 0 Å². The van der Waals surface area contributed by atoms with E-state index < -0.39 is 5.41 Å². The maximum atomic E-state index is 11.5. The molecule has 0 aromatic rings. The third-order valence-corrected chi connectivity index (χ3v) is 3.26. The van der Waals surface area contributed by atoms with Gasteiger partial charge in [0.2, 0.25) is 0 Å². The molecule has 0 aromatic heterocycles. The molecule has 13 heavy (non-hydrogen) atoms. The smallest absolute Gasteiger partial charge is 0.147 e. The van der Waals surface area contributed by atoms with Crippen LogP contribution in [0.2, 0.25) is 0 Å². The second kappa shape index (κ2) is 3.62. The Hall–Kier alpha value is -0.630. The minimum Gasteiger partial charge on any atom is -0.299 e. The molecule has 0 heterocycles. The van der Waals surface area contributed by atoms with Gasteiger partial charge in [-0.2, -0.15) is 0 Å². The van der Waals surface area contributed by atoms with Crippen LogP contribution in [0.1, 0.15) is 19.8 Å². The Morgan fingerprint density at radius 2 is 2.00 bits per heavy atom. The van der Waals surface area contributed by atoms with Gasteiger partial charge in [-0.3, -0.25) is 9.59 Å². The topological polar surface area (TPSA) is 34.1 Å². The fraction of sp³-hybridized carbons (Fsp3) is 0.600. The van der Waals surface area contributed by atoms with Crippen LogP contribution in [-0.4, -0.2) is 17.4 Å². The van der Waals surface area contributed by atoms with Crippen LogP contribution in [0.25, 0.3) is 0 Å². The molecule has 2 nitrogen and oxygen atoms in total. The van der Waals surface area contributed by atoms with E-state index in [4.69, 9.17) is 11.6 Å². The summed E-state index contributed by atoms with van der Waals surface area (Å²) in [5, 5.41) is 0. The zero-order valence-electron chi connectivity index (χ0n) is 7.68. The van der Waals surface area contributed by atoms with Crippen LogP contribution in [0.3, 0.4) is 0 Å². The van der Waals surface area contributed by atoms with E-state index in [1.54, 1.807) is 13.0 Å². The predicted octanol–water partition coefficient (Wildman–Crippen LogP) is 1.97. The first-order valence-electron chi connectivity index (χ1n) is 4.32. The molecule has 0 aliphatic heterocycles. The SMILES string of the molecule is C=CC(CCl)C1(C)C(=O)CCC1=O. The Bertz CT molecular complexity index is 242. The normalized spacial score (nSPS) is 23.2. The summed E-state index contributed by atoms with van der Waals surface area (Å²) >= 11 is 5.69. The highest BCUT2D eigenvalue weighted by Gasteiger charge is 2.49. The lowest BCUT2D eigenvalue weighted by Gasteiger charge is -2.26. The largest absolute Gasteiger partial charge is 0.299 e. The van der Waals surface area contributed by atoms with Gasteiger partial charge in [-0.05, 0) is 6.92 Å². The lowest BCUT2D eigenvalue weighted by Crippen LogP contribution is -2.37. The fourth-order valence-corrected chi connectivity index (χ4v) is 2.20. The van der Waals surface area contributed by atoms with Gasteiger partial charge in [-0.1, -0.05) is 6.08 Å². The molecular formula is C10H13ClO2. The Morgan fingerprint density at radius 3 is 2.31 bits per heavy atom. The lowest BCUT2D eigenvalue weighted by molar-refractivity contribution is -0.135. The summed E-state index contributed by atoms with van der Waals surface area (Å²) in [6.45, 7) is 5.28. The van der Waals surface area contributed by atoms with Crippen LogP contribution in [-0.2, 0) is 9.59 Å². The van der Waals surface area contributed by atoms with Gasteiger partial charge in [0.25, 0.3) is 0 Å². The van der Waals surface area contributed by atoms with Crippen molar-refractivity contribution in [3.05, 3.63) is 12.7 Å². The zero-order valence-corrected chi connectivity index (χ0v) is 8.43. The zero-order chi connectivity index (χ0) is 10.1. The predicted molar refractivity (Wildman–Crippen MR) is 51.8 cm³/mol. The second-order valence-corrected chi connectivity index (χ2v) is 3.85. The van der Waals surface area contributed by atoms with Crippen molar-refractivity contribution in [3.8, 4) is 0 Å².